The van der Waals surface area contributed by atoms with E-state index < -0.39 is 0 Å². The lowest BCUT2D eigenvalue weighted by molar-refractivity contribution is 0.0908. The van der Waals surface area contributed by atoms with E-state index in [2.05, 4.69) is 5.32 Å². The molecule has 4 N–H and O–H groups in total. The Morgan fingerprint density at radius 1 is 1.35 bits per heavy atom. The lowest BCUT2D eigenvalue weighted by Gasteiger charge is -2.10. The molecular formula is C15H16N2O3. The topological polar surface area (TPSA) is 88.5 Å². The van der Waals surface area contributed by atoms with Crippen LogP contribution in [0.15, 0.2) is 34.7 Å². The van der Waals surface area contributed by atoms with E-state index >= 15 is 0 Å². The molecule has 0 saturated heterocycles. The van der Waals surface area contributed by atoms with Crippen LogP contribution in [0.3, 0.4) is 0 Å². The third-order valence-corrected chi connectivity index (χ3v) is 3.59. The zero-order valence-corrected chi connectivity index (χ0v) is 10.9. The number of nitrogens with one attached hydrogen (secondary N) is 1. The molecule has 1 unspecified atom stereocenters. The molecule has 1 aromatic heterocycles. The van der Waals surface area contributed by atoms with Gasteiger partial charge < -0.3 is 20.6 Å². The maximum atomic E-state index is 12.1. The predicted octanol–water partition coefficient (Wildman–Crippen LogP) is 1.34. The van der Waals surface area contributed by atoms with Crippen molar-refractivity contribution < 1.29 is 14.3 Å². The largest absolute Gasteiger partial charge is 0.508 e. The Bertz CT molecular complexity index is 648. The van der Waals surface area contributed by atoms with Crippen molar-refractivity contribution in [2.75, 3.05) is 0 Å². The van der Waals surface area contributed by atoms with Crippen LogP contribution in [-0.2, 0) is 19.4 Å². The van der Waals surface area contributed by atoms with Crippen LogP contribution in [0, 0.1) is 0 Å². The Morgan fingerprint density at radius 2 is 2.20 bits per heavy atom. The van der Waals surface area contributed by atoms with Crippen molar-refractivity contribution in [1.29, 1.82) is 0 Å². The number of hydrogen-bond donors (Lipinski definition) is 3. The first-order valence-corrected chi connectivity index (χ1v) is 6.56. The third-order valence-electron chi connectivity index (χ3n) is 3.59. The van der Waals surface area contributed by atoms with Gasteiger partial charge in [-0.05, 0) is 42.2 Å². The van der Waals surface area contributed by atoms with Gasteiger partial charge in [0.05, 0.1) is 6.54 Å². The molecule has 3 rings (SSSR count). The molecule has 20 heavy (non-hydrogen) atoms. The quantitative estimate of drug-likeness (QED) is 0.786. The molecule has 1 aliphatic carbocycles. The van der Waals surface area contributed by atoms with Crippen molar-refractivity contribution in [2.24, 2.45) is 5.73 Å². The van der Waals surface area contributed by atoms with Crippen LogP contribution < -0.4 is 11.1 Å². The van der Waals surface area contributed by atoms with Crippen LogP contribution in [0.2, 0.25) is 0 Å². The van der Waals surface area contributed by atoms with E-state index in [1.54, 1.807) is 18.2 Å². The van der Waals surface area contributed by atoms with Gasteiger partial charge in [-0.2, -0.15) is 0 Å². The van der Waals surface area contributed by atoms with Gasteiger partial charge in [0, 0.05) is 6.04 Å². The van der Waals surface area contributed by atoms with Gasteiger partial charge in [0.2, 0.25) is 0 Å². The van der Waals surface area contributed by atoms with Gasteiger partial charge in [-0.3, -0.25) is 4.79 Å². The Labute approximate surface area is 116 Å². The molecular weight excluding hydrogens is 256 g/mol. The van der Waals surface area contributed by atoms with Gasteiger partial charge >= 0.3 is 0 Å². The number of furan rings is 1. The highest BCUT2D eigenvalue weighted by Gasteiger charge is 2.26. The molecule has 0 fully saturated rings. The molecule has 0 bridgehead atoms. The molecule has 0 saturated carbocycles. The third kappa shape index (κ3) is 2.28. The highest BCUT2D eigenvalue weighted by atomic mass is 16.4. The maximum absolute atomic E-state index is 12.1. The maximum Gasteiger partial charge on any atom is 0.287 e. The summed E-state index contributed by atoms with van der Waals surface area (Å²) in [6.07, 6.45) is 1.36. The number of aromatic hydroxyl groups is 1. The Kier molecular flexibility index (Phi) is 3.20. The molecule has 0 spiro atoms. The van der Waals surface area contributed by atoms with Gasteiger partial charge in [0.25, 0.3) is 5.91 Å². The molecule has 1 amide bonds. The summed E-state index contributed by atoms with van der Waals surface area (Å²) in [6, 6.07) is 8.76. The zero-order chi connectivity index (χ0) is 14.1. The minimum Gasteiger partial charge on any atom is -0.508 e. The van der Waals surface area contributed by atoms with Gasteiger partial charge in [0.15, 0.2) is 5.76 Å². The number of rotatable bonds is 3. The minimum absolute atomic E-state index is 0.0165. The van der Waals surface area contributed by atoms with Gasteiger partial charge in [-0.1, -0.05) is 12.1 Å². The molecule has 1 atom stereocenters. The monoisotopic (exact) mass is 272 g/mol. The first-order valence-electron chi connectivity index (χ1n) is 6.56. The second kappa shape index (κ2) is 5.02. The van der Waals surface area contributed by atoms with E-state index in [9.17, 15) is 9.90 Å². The molecule has 1 heterocycles. The molecule has 0 aliphatic heterocycles. The number of phenolic OH excluding ortho intramolecular Hbond substituents is 1. The summed E-state index contributed by atoms with van der Waals surface area (Å²) in [4.78, 5) is 12.1. The normalized spacial score (nSPS) is 16.9. The number of hydrogen-bond acceptors (Lipinski definition) is 4. The van der Waals surface area contributed by atoms with E-state index in [1.165, 1.54) is 0 Å². The molecule has 5 heteroatoms. The second-order valence-corrected chi connectivity index (χ2v) is 4.96. The molecule has 1 aliphatic rings. The van der Waals surface area contributed by atoms with Crippen molar-refractivity contribution in [3.63, 3.8) is 0 Å². The van der Waals surface area contributed by atoms with Crippen LogP contribution in [0.25, 0.3) is 0 Å². The van der Waals surface area contributed by atoms with E-state index in [4.69, 9.17) is 10.2 Å². The first kappa shape index (κ1) is 12.7. The molecule has 0 radical (unpaired) electrons. The van der Waals surface area contributed by atoms with E-state index in [1.807, 2.05) is 12.1 Å². The fourth-order valence-electron chi connectivity index (χ4n) is 2.60. The van der Waals surface area contributed by atoms with E-state index in [0.29, 0.717) is 17.9 Å². The molecule has 2 aromatic rings. The summed E-state index contributed by atoms with van der Waals surface area (Å²) in [5.41, 5.74) is 7.45. The van der Waals surface area contributed by atoms with Crippen LogP contribution in [0.5, 0.6) is 5.75 Å². The van der Waals surface area contributed by atoms with Crippen molar-refractivity contribution >= 4 is 5.91 Å². The number of carbonyl (C=O) groups excluding carboxylic acids is 1. The highest BCUT2D eigenvalue weighted by molar-refractivity contribution is 5.91. The standard InChI is InChI=1S/C15H16N2O3/c16-8-11-4-5-14(20-11)15(19)17-10-6-9-2-1-3-13(18)12(9)7-10/h1-5,10,18H,6-8,16H2,(H,17,19). The Hall–Kier alpha value is -2.27. The summed E-state index contributed by atoms with van der Waals surface area (Å²) in [6.45, 7) is 0.274. The van der Waals surface area contributed by atoms with Gasteiger partial charge in [0.1, 0.15) is 11.5 Å². The van der Waals surface area contributed by atoms with Crippen molar-refractivity contribution in [1.82, 2.24) is 5.32 Å². The fourth-order valence-corrected chi connectivity index (χ4v) is 2.60. The number of carbonyl (C=O) groups is 1. The Morgan fingerprint density at radius 3 is 2.90 bits per heavy atom. The summed E-state index contributed by atoms with van der Waals surface area (Å²) < 4.78 is 5.32. The van der Waals surface area contributed by atoms with Crippen LogP contribution >= 0.6 is 0 Å². The molecule has 5 nitrogen and oxygen atoms in total. The summed E-state index contributed by atoms with van der Waals surface area (Å²) in [5.74, 6) is 0.901. The van der Waals surface area contributed by atoms with Crippen LogP contribution in [-0.4, -0.2) is 17.1 Å². The van der Waals surface area contributed by atoms with Gasteiger partial charge in [-0.15, -0.1) is 0 Å². The lowest BCUT2D eigenvalue weighted by Crippen LogP contribution is -2.35. The molecule has 104 valence electrons. The van der Waals surface area contributed by atoms with E-state index in [-0.39, 0.29) is 24.3 Å². The summed E-state index contributed by atoms with van der Waals surface area (Å²) in [7, 11) is 0. The number of benzene rings is 1. The highest BCUT2D eigenvalue weighted by Crippen LogP contribution is 2.29. The van der Waals surface area contributed by atoms with E-state index in [0.717, 1.165) is 17.5 Å². The average molecular weight is 272 g/mol. The Balaban J connectivity index is 1.68. The predicted molar refractivity (Wildman–Crippen MR) is 73.4 cm³/mol. The number of nitrogens with two attached hydrogens (primary N) is 1. The summed E-state index contributed by atoms with van der Waals surface area (Å²) in [5, 5.41) is 12.7. The minimum atomic E-state index is -0.248. The molecule has 1 aromatic carbocycles. The average Bonchev–Trinajstić information content (AvgIpc) is 3.05. The number of amides is 1. The lowest BCUT2D eigenvalue weighted by atomic mass is 10.1. The van der Waals surface area contributed by atoms with Crippen molar-refractivity contribution in [3.8, 4) is 5.75 Å². The van der Waals surface area contributed by atoms with Crippen molar-refractivity contribution in [3.05, 3.63) is 53.0 Å². The number of fused-ring (bicyclic) bond motifs is 1. The van der Waals surface area contributed by atoms with Crippen molar-refractivity contribution in [2.45, 2.75) is 25.4 Å². The SMILES string of the molecule is NCc1ccc(C(=O)NC2Cc3cccc(O)c3C2)o1. The smallest absolute Gasteiger partial charge is 0.287 e. The number of phenols is 1. The zero-order valence-electron chi connectivity index (χ0n) is 10.9. The van der Waals surface area contributed by atoms with Crippen LogP contribution in [0.1, 0.15) is 27.4 Å². The fraction of sp³-hybridized carbons (Fsp3) is 0.267. The van der Waals surface area contributed by atoms with Gasteiger partial charge in [-0.25, -0.2) is 0 Å². The first-order chi connectivity index (χ1) is 9.67. The summed E-state index contributed by atoms with van der Waals surface area (Å²) >= 11 is 0. The second-order valence-electron chi connectivity index (χ2n) is 4.96. The van der Waals surface area contributed by atoms with Crippen LogP contribution in [0.4, 0.5) is 0 Å².